The fraction of sp³-hybridized carbons (Fsp3) is 0.267. The Hall–Kier alpha value is -4.20. The van der Waals surface area contributed by atoms with E-state index in [0.717, 1.165) is 42.2 Å². The predicted molar refractivity (Wildman–Crippen MR) is 143 cm³/mol. The van der Waals surface area contributed by atoms with Crippen molar-refractivity contribution < 1.29 is 28.2 Å². The van der Waals surface area contributed by atoms with Crippen molar-refractivity contribution in [3.63, 3.8) is 0 Å². The number of benzene rings is 3. The molecule has 1 heterocycles. The van der Waals surface area contributed by atoms with E-state index in [1.807, 2.05) is 32.9 Å². The van der Waals surface area contributed by atoms with Gasteiger partial charge in [0.05, 0.1) is 18.2 Å². The van der Waals surface area contributed by atoms with Crippen LogP contribution in [0, 0.1) is 11.6 Å². The van der Waals surface area contributed by atoms with Crippen molar-refractivity contribution in [2.45, 2.75) is 33.2 Å². The van der Waals surface area contributed by atoms with Crippen LogP contribution in [0.25, 0.3) is 5.76 Å². The SMILES string of the molecule is CCCOc1ccc(/C(O)=C2\C(=O)C(=O)N(c3ccc(F)c(F)c3)C2c2ccc(N(CC)CC)cc2)cc1. The molecule has 1 N–H and O–H groups in total. The van der Waals surface area contributed by atoms with Crippen molar-refractivity contribution in [2.75, 3.05) is 29.5 Å². The van der Waals surface area contributed by atoms with Crippen LogP contribution in [-0.2, 0) is 9.59 Å². The number of ether oxygens (including phenoxy) is 1. The van der Waals surface area contributed by atoms with Crippen LogP contribution in [0.4, 0.5) is 20.2 Å². The van der Waals surface area contributed by atoms with Gasteiger partial charge in [-0.2, -0.15) is 0 Å². The molecule has 1 aliphatic heterocycles. The molecule has 1 fully saturated rings. The zero-order valence-electron chi connectivity index (χ0n) is 21.6. The number of nitrogens with zero attached hydrogens (tertiary/aromatic N) is 2. The number of carbonyl (C=O) groups excluding carboxylic acids is 2. The zero-order valence-corrected chi connectivity index (χ0v) is 21.6. The minimum Gasteiger partial charge on any atom is -0.507 e. The summed E-state index contributed by atoms with van der Waals surface area (Å²) >= 11 is 0. The fourth-order valence-electron chi connectivity index (χ4n) is 4.59. The van der Waals surface area contributed by atoms with Gasteiger partial charge in [0.2, 0.25) is 0 Å². The van der Waals surface area contributed by atoms with Gasteiger partial charge in [-0.3, -0.25) is 14.5 Å². The molecule has 1 aliphatic rings. The predicted octanol–water partition coefficient (Wildman–Crippen LogP) is 6.23. The zero-order chi connectivity index (χ0) is 27.4. The van der Waals surface area contributed by atoms with Gasteiger partial charge in [-0.15, -0.1) is 0 Å². The molecule has 4 rings (SSSR count). The molecule has 0 bridgehead atoms. The molecule has 38 heavy (non-hydrogen) atoms. The molecule has 0 spiro atoms. The van der Waals surface area contributed by atoms with Crippen LogP contribution in [0.5, 0.6) is 5.75 Å². The van der Waals surface area contributed by atoms with Crippen molar-refractivity contribution in [3.8, 4) is 5.75 Å². The number of rotatable bonds is 9. The Kier molecular flexibility index (Phi) is 8.10. The summed E-state index contributed by atoms with van der Waals surface area (Å²) in [7, 11) is 0. The lowest BCUT2D eigenvalue weighted by Gasteiger charge is -2.27. The van der Waals surface area contributed by atoms with E-state index < -0.39 is 29.4 Å². The molecule has 1 amide bonds. The van der Waals surface area contributed by atoms with Gasteiger partial charge in [0.25, 0.3) is 11.7 Å². The summed E-state index contributed by atoms with van der Waals surface area (Å²) in [6.07, 6.45) is 0.836. The maximum Gasteiger partial charge on any atom is 0.300 e. The van der Waals surface area contributed by atoms with Crippen LogP contribution < -0.4 is 14.5 Å². The Balaban J connectivity index is 1.85. The quantitative estimate of drug-likeness (QED) is 0.206. The number of hydrogen-bond acceptors (Lipinski definition) is 5. The van der Waals surface area contributed by atoms with Gasteiger partial charge in [-0.25, -0.2) is 8.78 Å². The molecule has 1 atom stereocenters. The first-order chi connectivity index (χ1) is 18.3. The number of ketones is 1. The number of aliphatic hydroxyl groups excluding tert-OH is 1. The molecule has 1 unspecified atom stereocenters. The summed E-state index contributed by atoms with van der Waals surface area (Å²) in [5.74, 6) is -3.85. The van der Waals surface area contributed by atoms with E-state index in [9.17, 15) is 23.5 Å². The number of Topliss-reactive ketones (excluding diaryl/α,β-unsaturated/α-hetero) is 1. The van der Waals surface area contributed by atoms with Crippen LogP contribution in [0.1, 0.15) is 44.4 Å². The fourth-order valence-corrected chi connectivity index (χ4v) is 4.59. The van der Waals surface area contributed by atoms with Crippen LogP contribution in [0.15, 0.2) is 72.3 Å². The van der Waals surface area contributed by atoms with Crippen LogP contribution in [-0.4, -0.2) is 36.5 Å². The molecule has 0 aromatic heterocycles. The number of hydrogen-bond donors (Lipinski definition) is 1. The first kappa shape index (κ1) is 26.9. The van der Waals surface area contributed by atoms with Gasteiger partial charge in [-0.05, 0) is 74.4 Å². The monoisotopic (exact) mass is 520 g/mol. The van der Waals surface area contributed by atoms with Gasteiger partial charge >= 0.3 is 0 Å². The first-order valence-electron chi connectivity index (χ1n) is 12.6. The second-order valence-corrected chi connectivity index (χ2v) is 8.90. The average molecular weight is 521 g/mol. The third-order valence-electron chi connectivity index (χ3n) is 6.56. The minimum absolute atomic E-state index is 0.00572. The van der Waals surface area contributed by atoms with Crippen LogP contribution in [0.2, 0.25) is 0 Å². The van der Waals surface area contributed by atoms with Gasteiger partial charge in [0.1, 0.15) is 11.5 Å². The summed E-state index contributed by atoms with van der Waals surface area (Å²) in [5.41, 5.74) is 1.67. The number of aliphatic hydroxyl groups is 1. The Morgan fingerprint density at radius 1 is 0.921 bits per heavy atom. The Morgan fingerprint density at radius 3 is 2.16 bits per heavy atom. The van der Waals surface area contributed by atoms with Gasteiger partial charge < -0.3 is 14.7 Å². The topological polar surface area (TPSA) is 70.1 Å². The molecule has 3 aromatic rings. The van der Waals surface area contributed by atoms with Crippen molar-refractivity contribution in [1.82, 2.24) is 0 Å². The molecular formula is C30H30F2N2O4. The lowest BCUT2D eigenvalue weighted by Crippen LogP contribution is -2.29. The highest BCUT2D eigenvalue weighted by Gasteiger charge is 2.47. The second kappa shape index (κ2) is 11.5. The van der Waals surface area contributed by atoms with E-state index >= 15 is 0 Å². The summed E-state index contributed by atoms with van der Waals surface area (Å²) in [4.78, 5) is 29.8. The molecule has 0 saturated carbocycles. The Labute approximate surface area is 220 Å². The summed E-state index contributed by atoms with van der Waals surface area (Å²) in [6.45, 7) is 8.18. The number of anilines is 2. The van der Waals surface area contributed by atoms with Gasteiger partial charge in [-0.1, -0.05) is 19.1 Å². The van der Waals surface area contributed by atoms with E-state index in [1.165, 1.54) is 6.07 Å². The number of halogens is 2. The Bertz CT molecular complexity index is 1350. The molecule has 0 radical (unpaired) electrons. The molecule has 8 heteroatoms. The van der Waals surface area contributed by atoms with Crippen molar-refractivity contribution in [2.24, 2.45) is 0 Å². The Morgan fingerprint density at radius 2 is 1.58 bits per heavy atom. The minimum atomic E-state index is -1.15. The van der Waals surface area contributed by atoms with Gasteiger partial charge in [0.15, 0.2) is 11.6 Å². The van der Waals surface area contributed by atoms with E-state index in [1.54, 1.807) is 36.4 Å². The lowest BCUT2D eigenvalue weighted by molar-refractivity contribution is -0.132. The molecule has 198 valence electrons. The third-order valence-corrected chi connectivity index (χ3v) is 6.56. The van der Waals surface area contributed by atoms with E-state index in [0.29, 0.717) is 23.5 Å². The highest BCUT2D eigenvalue weighted by molar-refractivity contribution is 6.51. The van der Waals surface area contributed by atoms with E-state index in [4.69, 9.17) is 4.74 Å². The van der Waals surface area contributed by atoms with Crippen molar-refractivity contribution in [3.05, 3.63) is 95.1 Å². The van der Waals surface area contributed by atoms with Crippen LogP contribution >= 0.6 is 0 Å². The third kappa shape index (κ3) is 5.11. The highest BCUT2D eigenvalue weighted by Crippen LogP contribution is 2.43. The molecule has 6 nitrogen and oxygen atoms in total. The van der Waals surface area contributed by atoms with Crippen molar-refractivity contribution in [1.29, 1.82) is 0 Å². The normalized spacial score (nSPS) is 16.7. The summed E-state index contributed by atoms with van der Waals surface area (Å²) in [6, 6.07) is 15.8. The largest absolute Gasteiger partial charge is 0.507 e. The maximum absolute atomic E-state index is 14.2. The van der Waals surface area contributed by atoms with Gasteiger partial charge in [0, 0.05) is 36.1 Å². The number of carbonyl (C=O) groups is 2. The smallest absolute Gasteiger partial charge is 0.300 e. The van der Waals surface area contributed by atoms with Crippen molar-refractivity contribution >= 4 is 28.8 Å². The molecule has 3 aromatic carbocycles. The lowest BCUT2D eigenvalue weighted by atomic mass is 9.94. The van der Waals surface area contributed by atoms with E-state index in [2.05, 4.69) is 4.90 Å². The first-order valence-corrected chi connectivity index (χ1v) is 12.6. The number of amides is 1. The molecule has 0 aliphatic carbocycles. The second-order valence-electron chi connectivity index (χ2n) is 8.90. The molecule has 1 saturated heterocycles. The standard InChI is InChI=1S/C30H30F2N2O4/c1-4-17-38-23-14-9-20(10-15-23)28(35)26-27(19-7-11-21(12-8-19)33(5-2)6-3)34(30(37)29(26)36)22-13-16-24(31)25(32)18-22/h7-16,18,27,35H,4-6,17H2,1-3H3/b28-26+. The maximum atomic E-state index is 14.2. The van der Waals surface area contributed by atoms with Crippen LogP contribution in [0.3, 0.4) is 0 Å². The average Bonchev–Trinajstić information content (AvgIpc) is 3.20. The summed E-state index contributed by atoms with van der Waals surface area (Å²) < 4.78 is 33.5. The van der Waals surface area contributed by atoms with E-state index in [-0.39, 0.29) is 17.0 Å². The summed E-state index contributed by atoms with van der Waals surface area (Å²) in [5, 5.41) is 11.3. The molecular weight excluding hydrogens is 490 g/mol. The highest BCUT2D eigenvalue weighted by atomic mass is 19.2.